The quantitative estimate of drug-likeness (QED) is 0.730. The van der Waals surface area contributed by atoms with Crippen LogP contribution in [0.5, 0.6) is 11.6 Å². The lowest BCUT2D eigenvalue weighted by Gasteiger charge is -2.16. The first-order valence-corrected chi connectivity index (χ1v) is 8.25. The van der Waals surface area contributed by atoms with Gasteiger partial charge in [-0.25, -0.2) is 4.98 Å². The van der Waals surface area contributed by atoms with Crippen molar-refractivity contribution in [3.8, 4) is 11.6 Å². The molecule has 1 aliphatic carbocycles. The Labute approximate surface area is 133 Å². The van der Waals surface area contributed by atoms with Crippen LogP contribution in [0.25, 0.3) is 0 Å². The number of fused-ring (bicyclic) bond motifs is 1. The number of hydrogen-bond acceptors (Lipinski definition) is 3. The highest BCUT2D eigenvalue weighted by Crippen LogP contribution is 2.29. The fraction of sp³-hybridized carbons (Fsp3) is 0.412. The SMILES string of the molecule is CC(C)c1nc(Br)cc(Oc2ccc3c(c2)CCCC3)n1. The van der Waals surface area contributed by atoms with Crippen molar-refractivity contribution in [2.45, 2.75) is 45.4 Å². The second-order valence-corrected chi connectivity index (χ2v) is 6.59. The summed E-state index contributed by atoms with van der Waals surface area (Å²) in [5.74, 6) is 2.51. The fourth-order valence-electron chi connectivity index (χ4n) is 2.62. The van der Waals surface area contributed by atoms with Gasteiger partial charge in [0.05, 0.1) is 0 Å². The second-order valence-electron chi connectivity index (χ2n) is 5.78. The summed E-state index contributed by atoms with van der Waals surface area (Å²) in [5.41, 5.74) is 2.87. The average molecular weight is 347 g/mol. The summed E-state index contributed by atoms with van der Waals surface area (Å²) in [5, 5.41) is 0. The van der Waals surface area contributed by atoms with Gasteiger partial charge in [-0.2, -0.15) is 4.98 Å². The van der Waals surface area contributed by atoms with Gasteiger partial charge in [0.15, 0.2) is 0 Å². The van der Waals surface area contributed by atoms with Crippen LogP contribution in [-0.4, -0.2) is 9.97 Å². The van der Waals surface area contributed by atoms with Gasteiger partial charge in [-0.15, -0.1) is 0 Å². The Morgan fingerprint density at radius 2 is 1.81 bits per heavy atom. The van der Waals surface area contributed by atoms with Crippen molar-refractivity contribution >= 4 is 15.9 Å². The molecule has 21 heavy (non-hydrogen) atoms. The van der Waals surface area contributed by atoms with Crippen molar-refractivity contribution in [3.05, 3.63) is 45.8 Å². The Kier molecular flexibility index (Phi) is 4.24. The van der Waals surface area contributed by atoms with Crippen LogP contribution in [0.15, 0.2) is 28.9 Å². The van der Waals surface area contributed by atoms with Crippen LogP contribution in [-0.2, 0) is 12.8 Å². The third kappa shape index (κ3) is 3.43. The number of nitrogens with zero attached hydrogens (tertiary/aromatic N) is 2. The summed E-state index contributed by atoms with van der Waals surface area (Å²) in [4.78, 5) is 8.85. The van der Waals surface area contributed by atoms with E-state index >= 15 is 0 Å². The molecule has 4 heteroatoms. The molecule has 110 valence electrons. The number of hydrogen-bond donors (Lipinski definition) is 0. The molecule has 0 saturated carbocycles. The second kappa shape index (κ2) is 6.14. The molecule has 0 aliphatic heterocycles. The monoisotopic (exact) mass is 346 g/mol. The van der Waals surface area contributed by atoms with Gasteiger partial charge in [0.2, 0.25) is 5.88 Å². The van der Waals surface area contributed by atoms with Crippen molar-refractivity contribution in [3.63, 3.8) is 0 Å². The first-order chi connectivity index (χ1) is 10.1. The minimum Gasteiger partial charge on any atom is -0.439 e. The Hall–Kier alpha value is -1.42. The van der Waals surface area contributed by atoms with E-state index in [1.807, 2.05) is 12.1 Å². The van der Waals surface area contributed by atoms with E-state index < -0.39 is 0 Å². The van der Waals surface area contributed by atoms with Crippen LogP contribution in [0.2, 0.25) is 0 Å². The standard InChI is InChI=1S/C17H19BrN2O/c1-11(2)17-19-15(18)10-16(20-17)21-14-8-7-12-5-3-4-6-13(12)9-14/h7-11H,3-6H2,1-2H3. The van der Waals surface area contributed by atoms with E-state index in [1.165, 1.54) is 30.4 Å². The molecule has 1 aromatic carbocycles. The first-order valence-electron chi connectivity index (χ1n) is 7.46. The summed E-state index contributed by atoms with van der Waals surface area (Å²) >= 11 is 3.42. The van der Waals surface area contributed by atoms with E-state index in [0.29, 0.717) is 5.88 Å². The Morgan fingerprint density at radius 1 is 1.05 bits per heavy atom. The van der Waals surface area contributed by atoms with Crippen molar-refractivity contribution in [1.29, 1.82) is 0 Å². The molecular formula is C17H19BrN2O. The molecule has 2 aromatic rings. The highest BCUT2D eigenvalue weighted by Gasteiger charge is 2.12. The van der Waals surface area contributed by atoms with E-state index in [9.17, 15) is 0 Å². The maximum Gasteiger partial charge on any atom is 0.223 e. The van der Waals surface area contributed by atoms with Crippen LogP contribution < -0.4 is 4.74 Å². The minimum atomic E-state index is 0.272. The normalized spacial score (nSPS) is 14.1. The average Bonchev–Trinajstić information content (AvgIpc) is 2.46. The van der Waals surface area contributed by atoms with Crippen molar-refractivity contribution in [2.24, 2.45) is 0 Å². The maximum absolute atomic E-state index is 5.93. The lowest BCUT2D eigenvalue weighted by Crippen LogP contribution is -2.03. The molecule has 0 bridgehead atoms. The lowest BCUT2D eigenvalue weighted by molar-refractivity contribution is 0.454. The van der Waals surface area contributed by atoms with Gasteiger partial charge in [-0.05, 0) is 64.9 Å². The summed E-state index contributed by atoms with van der Waals surface area (Å²) in [6, 6.07) is 8.18. The molecule has 0 unspecified atom stereocenters. The van der Waals surface area contributed by atoms with Gasteiger partial charge >= 0.3 is 0 Å². The van der Waals surface area contributed by atoms with E-state index in [0.717, 1.165) is 22.6 Å². The lowest BCUT2D eigenvalue weighted by atomic mass is 9.92. The zero-order valence-corrected chi connectivity index (χ0v) is 14.0. The first kappa shape index (κ1) is 14.5. The Balaban J connectivity index is 1.86. The van der Waals surface area contributed by atoms with Crippen LogP contribution in [0.4, 0.5) is 0 Å². The van der Waals surface area contributed by atoms with E-state index in [4.69, 9.17) is 4.74 Å². The smallest absolute Gasteiger partial charge is 0.223 e. The van der Waals surface area contributed by atoms with Crippen molar-refractivity contribution in [2.75, 3.05) is 0 Å². The Morgan fingerprint density at radius 3 is 2.57 bits per heavy atom. The third-order valence-electron chi connectivity index (χ3n) is 3.75. The van der Waals surface area contributed by atoms with Crippen LogP contribution >= 0.6 is 15.9 Å². The fourth-order valence-corrected chi connectivity index (χ4v) is 3.00. The number of benzene rings is 1. The molecule has 1 heterocycles. The zero-order valence-electron chi connectivity index (χ0n) is 12.4. The van der Waals surface area contributed by atoms with Gasteiger partial charge in [-0.1, -0.05) is 19.9 Å². The molecule has 0 saturated heterocycles. The highest BCUT2D eigenvalue weighted by molar-refractivity contribution is 9.10. The summed E-state index contributed by atoms with van der Waals surface area (Å²) in [7, 11) is 0. The van der Waals surface area contributed by atoms with E-state index in [1.54, 1.807) is 0 Å². The minimum absolute atomic E-state index is 0.272. The van der Waals surface area contributed by atoms with Gasteiger partial charge in [0, 0.05) is 12.0 Å². The summed E-state index contributed by atoms with van der Waals surface area (Å²) in [6.45, 7) is 4.15. The molecule has 0 radical (unpaired) electrons. The largest absolute Gasteiger partial charge is 0.439 e. The van der Waals surface area contributed by atoms with E-state index in [2.05, 4.69) is 51.9 Å². The molecular weight excluding hydrogens is 328 g/mol. The number of halogens is 1. The Bertz CT molecular complexity index is 655. The van der Waals surface area contributed by atoms with Gasteiger partial charge in [0.1, 0.15) is 16.2 Å². The predicted molar refractivity (Wildman–Crippen MR) is 87.0 cm³/mol. The maximum atomic E-state index is 5.93. The van der Waals surface area contributed by atoms with Crippen molar-refractivity contribution < 1.29 is 4.74 Å². The topological polar surface area (TPSA) is 35.0 Å². The molecule has 1 aliphatic rings. The summed E-state index contributed by atoms with van der Waals surface area (Å²) < 4.78 is 6.69. The predicted octanol–water partition coefficient (Wildman–Crippen LogP) is 5.03. The van der Waals surface area contributed by atoms with E-state index in [-0.39, 0.29) is 5.92 Å². The summed E-state index contributed by atoms with van der Waals surface area (Å²) in [6.07, 6.45) is 4.90. The highest BCUT2D eigenvalue weighted by atomic mass is 79.9. The number of rotatable bonds is 3. The molecule has 0 amide bonds. The molecule has 0 N–H and O–H groups in total. The van der Waals surface area contributed by atoms with Gasteiger partial charge < -0.3 is 4.74 Å². The molecule has 3 rings (SSSR count). The third-order valence-corrected chi connectivity index (χ3v) is 4.15. The van der Waals surface area contributed by atoms with Gasteiger partial charge in [-0.3, -0.25) is 0 Å². The number of aromatic nitrogens is 2. The molecule has 1 aromatic heterocycles. The van der Waals surface area contributed by atoms with Crippen LogP contribution in [0.3, 0.4) is 0 Å². The van der Waals surface area contributed by atoms with Crippen LogP contribution in [0.1, 0.15) is 49.6 Å². The number of ether oxygens (including phenoxy) is 1. The molecule has 3 nitrogen and oxygen atoms in total. The van der Waals surface area contributed by atoms with Gasteiger partial charge in [0.25, 0.3) is 0 Å². The number of aryl methyl sites for hydroxylation is 2. The molecule has 0 spiro atoms. The molecule has 0 fully saturated rings. The van der Waals surface area contributed by atoms with Crippen molar-refractivity contribution in [1.82, 2.24) is 9.97 Å². The zero-order chi connectivity index (χ0) is 14.8. The molecule has 0 atom stereocenters. The van der Waals surface area contributed by atoms with Crippen LogP contribution in [0, 0.1) is 0 Å².